The Morgan fingerprint density at radius 3 is 2.69 bits per heavy atom. The molecule has 0 spiro atoms. The van der Waals surface area contributed by atoms with Gasteiger partial charge in [-0.05, 0) is 26.7 Å². The molecular weight excluding hydrogens is 162 g/mol. The molecule has 0 atom stereocenters. The van der Waals surface area contributed by atoms with Gasteiger partial charge in [0.25, 0.3) is 0 Å². The summed E-state index contributed by atoms with van der Waals surface area (Å²) >= 11 is 0. The quantitative estimate of drug-likeness (QED) is 0.742. The van der Waals surface area contributed by atoms with Crippen LogP contribution < -0.4 is 5.73 Å². The van der Waals surface area contributed by atoms with Crippen molar-refractivity contribution in [3.63, 3.8) is 0 Å². The van der Waals surface area contributed by atoms with Crippen LogP contribution >= 0.6 is 0 Å². The second kappa shape index (κ2) is 3.92. The number of H-pyrrole nitrogens is 1. The largest absolute Gasteiger partial charge is 0.346 e. The summed E-state index contributed by atoms with van der Waals surface area (Å²) in [6.07, 6.45) is 4.81. The Balaban J connectivity index is 2.46. The van der Waals surface area contributed by atoms with Crippen molar-refractivity contribution < 1.29 is 0 Å². The van der Waals surface area contributed by atoms with Crippen LogP contribution in [0.4, 0.5) is 0 Å². The van der Waals surface area contributed by atoms with Gasteiger partial charge in [-0.15, -0.1) is 0 Å². The molecule has 74 valence electrons. The third-order valence-corrected chi connectivity index (χ3v) is 2.07. The van der Waals surface area contributed by atoms with Crippen LogP contribution in [-0.4, -0.2) is 15.5 Å². The van der Waals surface area contributed by atoms with Gasteiger partial charge < -0.3 is 10.7 Å². The van der Waals surface area contributed by atoms with Crippen LogP contribution in [0.1, 0.15) is 38.7 Å². The first-order valence-corrected chi connectivity index (χ1v) is 4.83. The summed E-state index contributed by atoms with van der Waals surface area (Å²) in [7, 11) is 0. The maximum absolute atomic E-state index is 5.88. The molecule has 0 saturated carbocycles. The lowest BCUT2D eigenvalue weighted by Gasteiger charge is -2.16. The molecule has 1 rings (SSSR count). The van der Waals surface area contributed by atoms with Crippen LogP contribution in [-0.2, 0) is 12.8 Å². The number of nitrogens with two attached hydrogens (primary N) is 1. The molecule has 0 unspecified atom stereocenters. The van der Waals surface area contributed by atoms with Gasteiger partial charge in [0.15, 0.2) is 0 Å². The molecule has 1 aromatic heterocycles. The van der Waals surface area contributed by atoms with E-state index in [1.54, 1.807) is 0 Å². The fraction of sp³-hybridized carbons (Fsp3) is 0.700. The SMILES string of the molecule is CCc1cnc(CCC(C)(C)N)[nH]1. The molecule has 0 aliphatic heterocycles. The Labute approximate surface area is 79.8 Å². The van der Waals surface area contributed by atoms with Crippen molar-refractivity contribution in [1.82, 2.24) is 9.97 Å². The Morgan fingerprint density at radius 1 is 1.54 bits per heavy atom. The van der Waals surface area contributed by atoms with Crippen molar-refractivity contribution in [3.05, 3.63) is 17.7 Å². The fourth-order valence-corrected chi connectivity index (χ4v) is 1.15. The molecule has 0 aromatic carbocycles. The van der Waals surface area contributed by atoms with E-state index in [2.05, 4.69) is 16.9 Å². The first kappa shape index (κ1) is 10.3. The zero-order valence-electron chi connectivity index (χ0n) is 8.72. The van der Waals surface area contributed by atoms with E-state index in [4.69, 9.17) is 5.73 Å². The summed E-state index contributed by atoms with van der Waals surface area (Å²) in [6.45, 7) is 6.19. The number of nitrogens with zero attached hydrogens (tertiary/aromatic N) is 1. The van der Waals surface area contributed by atoms with E-state index in [0.717, 1.165) is 25.1 Å². The van der Waals surface area contributed by atoms with E-state index in [9.17, 15) is 0 Å². The average molecular weight is 181 g/mol. The van der Waals surface area contributed by atoms with Gasteiger partial charge in [0.05, 0.1) is 0 Å². The maximum atomic E-state index is 5.88. The van der Waals surface area contributed by atoms with Gasteiger partial charge in [-0.2, -0.15) is 0 Å². The van der Waals surface area contributed by atoms with E-state index >= 15 is 0 Å². The number of hydrogen-bond acceptors (Lipinski definition) is 2. The highest BCUT2D eigenvalue weighted by Gasteiger charge is 2.11. The monoisotopic (exact) mass is 181 g/mol. The highest BCUT2D eigenvalue weighted by Crippen LogP contribution is 2.08. The van der Waals surface area contributed by atoms with E-state index in [0.29, 0.717) is 0 Å². The molecule has 0 saturated heterocycles. The zero-order chi connectivity index (χ0) is 9.90. The van der Waals surface area contributed by atoms with Crippen molar-refractivity contribution >= 4 is 0 Å². The Hall–Kier alpha value is -0.830. The number of nitrogens with one attached hydrogen (secondary N) is 1. The van der Waals surface area contributed by atoms with Crippen LogP contribution in [0.3, 0.4) is 0 Å². The number of aromatic nitrogens is 2. The predicted molar refractivity (Wildman–Crippen MR) is 54.6 cm³/mol. The van der Waals surface area contributed by atoms with Gasteiger partial charge in [0.1, 0.15) is 5.82 Å². The zero-order valence-corrected chi connectivity index (χ0v) is 8.72. The standard InChI is InChI=1S/C10H19N3/c1-4-8-7-12-9(13-8)5-6-10(2,3)11/h7H,4-6,11H2,1-3H3,(H,12,13). The molecular formula is C10H19N3. The number of aryl methyl sites for hydroxylation is 2. The number of imidazole rings is 1. The molecule has 13 heavy (non-hydrogen) atoms. The molecule has 0 fully saturated rings. The van der Waals surface area contributed by atoms with Gasteiger partial charge >= 0.3 is 0 Å². The molecule has 0 aliphatic carbocycles. The van der Waals surface area contributed by atoms with Crippen molar-refractivity contribution in [1.29, 1.82) is 0 Å². The van der Waals surface area contributed by atoms with Gasteiger partial charge in [-0.3, -0.25) is 0 Å². The van der Waals surface area contributed by atoms with Crippen LogP contribution in [0.15, 0.2) is 6.20 Å². The second-order valence-corrected chi connectivity index (χ2v) is 4.20. The third kappa shape index (κ3) is 3.59. The molecule has 0 bridgehead atoms. The van der Waals surface area contributed by atoms with Crippen LogP contribution in [0.2, 0.25) is 0 Å². The van der Waals surface area contributed by atoms with Crippen molar-refractivity contribution in [2.75, 3.05) is 0 Å². The smallest absolute Gasteiger partial charge is 0.106 e. The minimum atomic E-state index is -0.0980. The van der Waals surface area contributed by atoms with Gasteiger partial charge in [0.2, 0.25) is 0 Å². The molecule has 3 N–H and O–H groups in total. The molecule has 3 nitrogen and oxygen atoms in total. The molecule has 1 aromatic rings. The highest BCUT2D eigenvalue weighted by atomic mass is 14.9. The number of rotatable bonds is 4. The second-order valence-electron chi connectivity index (χ2n) is 4.20. The Bertz CT molecular complexity index is 257. The summed E-state index contributed by atoms with van der Waals surface area (Å²) in [5, 5.41) is 0. The van der Waals surface area contributed by atoms with Gasteiger partial charge in [-0.25, -0.2) is 4.98 Å². The van der Waals surface area contributed by atoms with Crippen LogP contribution in [0.5, 0.6) is 0 Å². The summed E-state index contributed by atoms with van der Waals surface area (Å²) < 4.78 is 0. The fourth-order valence-electron chi connectivity index (χ4n) is 1.15. The predicted octanol–water partition coefficient (Wildman–Crippen LogP) is 1.64. The topological polar surface area (TPSA) is 54.7 Å². The lowest BCUT2D eigenvalue weighted by molar-refractivity contribution is 0.471. The van der Waals surface area contributed by atoms with Crippen LogP contribution in [0.25, 0.3) is 0 Å². The number of aromatic amines is 1. The van der Waals surface area contributed by atoms with Gasteiger partial charge in [0, 0.05) is 23.9 Å². The van der Waals surface area contributed by atoms with E-state index < -0.39 is 0 Å². The van der Waals surface area contributed by atoms with Crippen LogP contribution in [0, 0.1) is 0 Å². The summed E-state index contributed by atoms with van der Waals surface area (Å²) in [4.78, 5) is 7.55. The molecule has 3 heteroatoms. The minimum Gasteiger partial charge on any atom is -0.346 e. The first-order valence-electron chi connectivity index (χ1n) is 4.83. The first-order chi connectivity index (χ1) is 6.01. The third-order valence-electron chi connectivity index (χ3n) is 2.07. The summed E-state index contributed by atoms with van der Waals surface area (Å²) in [6, 6.07) is 0. The van der Waals surface area contributed by atoms with E-state index in [1.165, 1.54) is 5.69 Å². The van der Waals surface area contributed by atoms with E-state index in [-0.39, 0.29) is 5.54 Å². The Kier molecular flexibility index (Phi) is 3.09. The molecule has 0 radical (unpaired) electrons. The Morgan fingerprint density at radius 2 is 2.23 bits per heavy atom. The van der Waals surface area contributed by atoms with Crippen molar-refractivity contribution in [3.8, 4) is 0 Å². The lowest BCUT2D eigenvalue weighted by Crippen LogP contribution is -2.32. The molecule has 0 amide bonds. The minimum absolute atomic E-state index is 0.0980. The van der Waals surface area contributed by atoms with Crippen molar-refractivity contribution in [2.24, 2.45) is 5.73 Å². The average Bonchev–Trinajstić information content (AvgIpc) is 2.47. The number of hydrogen-bond donors (Lipinski definition) is 2. The molecule has 1 heterocycles. The molecule has 0 aliphatic rings. The summed E-state index contributed by atoms with van der Waals surface area (Å²) in [5.41, 5.74) is 6.98. The lowest BCUT2D eigenvalue weighted by atomic mass is 10.0. The van der Waals surface area contributed by atoms with Gasteiger partial charge in [-0.1, -0.05) is 6.92 Å². The summed E-state index contributed by atoms with van der Waals surface area (Å²) in [5.74, 6) is 1.05. The van der Waals surface area contributed by atoms with Crippen molar-refractivity contribution in [2.45, 2.75) is 45.6 Å². The highest BCUT2D eigenvalue weighted by molar-refractivity contribution is 5.01. The normalized spacial score (nSPS) is 12.0. The maximum Gasteiger partial charge on any atom is 0.106 e. The van der Waals surface area contributed by atoms with E-state index in [1.807, 2.05) is 20.0 Å².